The Morgan fingerprint density at radius 2 is 1.78 bits per heavy atom. The van der Waals surface area contributed by atoms with E-state index in [0.29, 0.717) is 5.56 Å². The number of carbonyl (C=O) groups excluding carboxylic acids is 1. The molecule has 0 aliphatic rings. The lowest BCUT2D eigenvalue weighted by Gasteiger charge is -2.24. The number of nitrogens with one attached hydrogen (secondary N) is 1. The summed E-state index contributed by atoms with van der Waals surface area (Å²) in [4.78, 5) is 23.9. The summed E-state index contributed by atoms with van der Waals surface area (Å²) in [6, 6.07) is 13.5. The van der Waals surface area contributed by atoms with Gasteiger partial charge in [-0.05, 0) is 37.1 Å². The molecule has 0 spiro atoms. The largest absolute Gasteiger partial charge is 0.506 e. The third-order valence-electron chi connectivity index (χ3n) is 3.82. The van der Waals surface area contributed by atoms with Gasteiger partial charge in [-0.3, -0.25) is 9.59 Å². The van der Waals surface area contributed by atoms with Crippen molar-refractivity contribution in [3.8, 4) is 5.75 Å². The Hall–Kier alpha value is -2.82. The molecule has 120 valence electrons. The van der Waals surface area contributed by atoms with Gasteiger partial charge in [-0.25, -0.2) is 0 Å². The van der Waals surface area contributed by atoms with Gasteiger partial charge in [-0.2, -0.15) is 0 Å². The number of rotatable bonds is 5. The molecule has 0 heterocycles. The van der Waals surface area contributed by atoms with Gasteiger partial charge >= 0.3 is 5.97 Å². The lowest BCUT2D eigenvalue weighted by molar-refractivity contribution is -0.145. The third-order valence-corrected chi connectivity index (χ3v) is 3.82. The Bertz CT molecular complexity index is 727. The standard InChI is InChI=1S/C18H19NO4/c1-12-8-9-14(15(20)10-12)19-16(21)11-18(2,17(22)23)13-6-4-3-5-7-13/h3-10,20H,11H2,1-2H3,(H,19,21)(H,22,23). The molecule has 2 aromatic carbocycles. The molecule has 0 saturated carbocycles. The Kier molecular flexibility index (Phi) is 4.69. The normalized spacial score (nSPS) is 13.1. The van der Waals surface area contributed by atoms with Gasteiger partial charge in [0.25, 0.3) is 0 Å². The highest BCUT2D eigenvalue weighted by atomic mass is 16.4. The van der Waals surface area contributed by atoms with Crippen LogP contribution in [-0.2, 0) is 15.0 Å². The lowest BCUT2D eigenvalue weighted by atomic mass is 9.79. The molecule has 2 aromatic rings. The van der Waals surface area contributed by atoms with Crippen molar-refractivity contribution in [2.75, 3.05) is 5.32 Å². The Morgan fingerprint density at radius 1 is 1.13 bits per heavy atom. The molecule has 0 fully saturated rings. The van der Waals surface area contributed by atoms with Crippen LogP contribution in [0.2, 0.25) is 0 Å². The van der Waals surface area contributed by atoms with E-state index in [-0.39, 0.29) is 17.9 Å². The average molecular weight is 313 g/mol. The van der Waals surface area contributed by atoms with Gasteiger partial charge in [-0.15, -0.1) is 0 Å². The summed E-state index contributed by atoms with van der Waals surface area (Å²) < 4.78 is 0. The third kappa shape index (κ3) is 3.69. The summed E-state index contributed by atoms with van der Waals surface area (Å²) in [5.41, 5.74) is 0.336. The number of aryl methyl sites for hydroxylation is 1. The van der Waals surface area contributed by atoms with E-state index in [1.54, 1.807) is 42.5 Å². The minimum Gasteiger partial charge on any atom is -0.506 e. The maximum Gasteiger partial charge on any atom is 0.314 e. The van der Waals surface area contributed by atoms with E-state index >= 15 is 0 Å². The zero-order valence-electron chi connectivity index (χ0n) is 13.0. The van der Waals surface area contributed by atoms with Gasteiger partial charge in [0.2, 0.25) is 5.91 Å². The molecular formula is C18H19NO4. The van der Waals surface area contributed by atoms with Gasteiger partial charge in [0, 0.05) is 6.42 Å². The first kappa shape index (κ1) is 16.5. The Labute approximate surface area is 134 Å². The second-order valence-electron chi connectivity index (χ2n) is 5.75. The molecule has 1 amide bonds. The fraction of sp³-hybridized carbons (Fsp3) is 0.222. The fourth-order valence-electron chi connectivity index (χ4n) is 2.37. The van der Waals surface area contributed by atoms with Crippen molar-refractivity contribution in [1.82, 2.24) is 0 Å². The van der Waals surface area contributed by atoms with Crippen LogP contribution in [0.25, 0.3) is 0 Å². The number of benzene rings is 2. The summed E-state index contributed by atoms with van der Waals surface area (Å²) in [6.07, 6.45) is -0.236. The van der Waals surface area contributed by atoms with Gasteiger partial charge in [0.15, 0.2) is 0 Å². The number of amides is 1. The van der Waals surface area contributed by atoms with E-state index in [1.807, 2.05) is 6.92 Å². The number of carboxylic acid groups (broad SMARTS) is 1. The van der Waals surface area contributed by atoms with Crippen LogP contribution in [0.3, 0.4) is 0 Å². The van der Waals surface area contributed by atoms with Crippen molar-refractivity contribution >= 4 is 17.6 Å². The number of phenolic OH excluding ortho intramolecular Hbond substituents is 1. The monoisotopic (exact) mass is 313 g/mol. The van der Waals surface area contributed by atoms with Crippen molar-refractivity contribution in [1.29, 1.82) is 0 Å². The van der Waals surface area contributed by atoms with Crippen molar-refractivity contribution in [2.45, 2.75) is 25.7 Å². The summed E-state index contributed by atoms with van der Waals surface area (Å²) in [6.45, 7) is 3.33. The number of hydrogen-bond donors (Lipinski definition) is 3. The fourth-order valence-corrected chi connectivity index (χ4v) is 2.37. The quantitative estimate of drug-likeness (QED) is 0.740. The van der Waals surface area contributed by atoms with Crippen LogP contribution in [0.1, 0.15) is 24.5 Å². The van der Waals surface area contributed by atoms with E-state index in [2.05, 4.69) is 5.32 Å². The van der Waals surface area contributed by atoms with E-state index in [9.17, 15) is 19.8 Å². The second kappa shape index (κ2) is 6.52. The molecule has 1 atom stereocenters. The highest BCUT2D eigenvalue weighted by Crippen LogP contribution is 2.30. The molecule has 2 rings (SSSR count). The summed E-state index contributed by atoms with van der Waals surface area (Å²) in [5, 5.41) is 22.0. The number of carboxylic acids is 1. The van der Waals surface area contributed by atoms with Crippen LogP contribution in [0.5, 0.6) is 5.75 Å². The van der Waals surface area contributed by atoms with Crippen LogP contribution < -0.4 is 5.32 Å². The van der Waals surface area contributed by atoms with Crippen molar-refractivity contribution in [3.05, 3.63) is 59.7 Å². The first-order valence-corrected chi connectivity index (χ1v) is 7.21. The number of hydrogen-bond acceptors (Lipinski definition) is 3. The van der Waals surface area contributed by atoms with Gasteiger partial charge in [-0.1, -0.05) is 36.4 Å². The highest BCUT2D eigenvalue weighted by molar-refractivity contribution is 5.97. The molecule has 0 radical (unpaired) electrons. The van der Waals surface area contributed by atoms with Crippen molar-refractivity contribution in [2.24, 2.45) is 0 Å². The molecule has 0 aliphatic heterocycles. The molecule has 0 aliphatic carbocycles. The smallest absolute Gasteiger partial charge is 0.314 e. The summed E-state index contributed by atoms with van der Waals surface area (Å²) >= 11 is 0. The van der Waals surface area contributed by atoms with Crippen LogP contribution >= 0.6 is 0 Å². The zero-order valence-corrected chi connectivity index (χ0v) is 13.0. The molecule has 23 heavy (non-hydrogen) atoms. The highest BCUT2D eigenvalue weighted by Gasteiger charge is 2.37. The predicted molar refractivity (Wildman–Crippen MR) is 87.5 cm³/mol. The van der Waals surface area contributed by atoms with Crippen LogP contribution in [0.15, 0.2) is 48.5 Å². The van der Waals surface area contributed by atoms with Crippen molar-refractivity contribution < 1.29 is 19.8 Å². The van der Waals surface area contributed by atoms with Gasteiger partial charge in [0.1, 0.15) is 5.75 Å². The summed E-state index contributed by atoms with van der Waals surface area (Å²) in [5.74, 6) is -1.60. The van der Waals surface area contributed by atoms with Crippen molar-refractivity contribution in [3.63, 3.8) is 0 Å². The second-order valence-corrected chi connectivity index (χ2v) is 5.75. The van der Waals surface area contributed by atoms with Gasteiger partial charge < -0.3 is 15.5 Å². The van der Waals surface area contributed by atoms with Crippen LogP contribution in [0.4, 0.5) is 5.69 Å². The number of aromatic hydroxyl groups is 1. The number of aliphatic carboxylic acids is 1. The molecule has 0 aromatic heterocycles. The first-order valence-electron chi connectivity index (χ1n) is 7.21. The lowest BCUT2D eigenvalue weighted by Crippen LogP contribution is -2.36. The SMILES string of the molecule is Cc1ccc(NC(=O)CC(C)(C(=O)O)c2ccccc2)c(O)c1. The summed E-state index contributed by atoms with van der Waals surface area (Å²) in [7, 11) is 0. The average Bonchev–Trinajstić information content (AvgIpc) is 2.50. The molecule has 5 heteroatoms. The minimum absolute atomic E-state index is 0.0462. The number of phenols is 1. The molecule has 0 saturated heterocycles. The molecule has 5 nitrogen and oxygen atoms in total. The first-order chi connectivity index (χ1) is 10.8. The molecular weight excluding hydrogens is 294 g/mol. The maximum absolute atomic E-state index is 12.3. The van der Waals surface area contributed by atoms with E-state index in [4.69, 9.17) is 0 Å². The van der Waals surface area contributed by atoms with E-state index in [0.717, 1.165) is 5.56 Å². The number of anilines is 1. The Balaban J connectivity index is 2.20. The predicted octanol–water partition coefficient (Wildman–Crippen LogP) is 3.07. The molecule has 0 bridgehead atoms. The topological polar surface area (TPSA) is 86.6 Å². The molecule has 3 N–H and O–H groups in total. The van der Waals surface area contributed by atoms with Gasteiger partial charge in [0.05, 0.1) is 11.1 Å². The van der Waals surface area contributed by atoms with Crippen LogP contribution in [-0.4, -0.2) is 22.1 Å². The van der Waals surface area contributed by atoms with E-state index in [1.165, 1.54) is 13.0 Å². The van der Waals surface area contributed by atoms with Crippen LogP contribution in [0, 0.1) is 6.92 Å². The Morgan fingerprint density at radius 3 is 2.35 bits per heavy atom. The molecule has 1 unspecified atom stereocenters. The zero-order chi connectivity index (χ0) is 17.0. The van der Waals surface area contributed by atoms with E-state index < -0.39 is 17.3 Å². The maximum atomic E-state index is 12.3. The minimum atomic E-state index is -1.34. The number of carbonyl (C=O) groups is 2.